The van der Waals surface area contributed by atoms with Crippen LogP contribution in [-0.4, -0.2) is 24.4 Å². The molecular formula is C17H22N2OS. The van der Waals surface area contributed by atoms with Crippen molar-refractivity contribution in [2.75, 3.05) is 18.9 Å². The van der Waals surface area contributed by atoms with Crippen molar-refractivity contribution >= 4 is 22.9 Å². The minimum atomic E-state index is 0.0282. The fourth-order valence-corrected chi connectivity index (χ4v) is 3.17. The number of nitrogens with zero attached hydrogens (tertiary/aromatic N) is 1. The Hall–Kier alpha value is -1.65. The number of aryl methyl sites for hydroxylation is 2. The molecule has 0 atom stereocenters. The third kappa shape index (κ3) is 4.16. The van der Waals surface area contributed by atoms with Crippen LogP contribution in [0.25, 0.3) is 0 Å². The number of carbonyl (C=O) groups is 1. The molecule has 0 radical (unpaired) electrons. The lowest BCUT2D eigenvalue weighted by molar-refractivity contribution is -0.117. The molecule has 112 valence electrons. The molecule has 1 amide bonds. The predicted molar refractivity (Wildman–Crippen MR) is 89.9 cm³/mol. The number of amides is 1. The first-order chi connectivity index (χ1) is 9.97. The Balaban J connectivity index is 1.92. The molecule has 1 aromatic carbocycles. The molecule has 3 nitrogen and oxygen atoms in total. The summed E-state index contributed by atoms with van der Waals surface area (Å²) in [6.07, 6.45) is 0. The van der Waals surface area contributed by atoms with Crippen molar-refractivity contribution in [1.29, 1.82) is 0 Å². The van der Waals surface area contributed by atoms with Crippen LogP contribution in [0.5, 0.6) is 0 Å². The average molecular weight is 302 g/mol. The maximum Gasteiger partial charge on any atom is 0.238 e. The summed E-state index contributed by atoms with van der Waals surface area (Å²) in [6.45, 7) is 7.39. The second-order valence-electron chi connectivity index (χ2n) is 5.49. The summed E-state index contributed by atoms with van der Waals surface area (Å²) >= 11 is 1.74. The van der Waals surface area contributed by atoms with Gasteiger partial charge in [0.1, 0.15) is 0 Å². The lowest BCUT2D eigenvalue weighted by Crippen LogP contribution is -2.30. The second-order valence-corrected chi connectivity index (χ2v) is 6.50. The molecule has 1 aromatic heterocycles. The molecule has 2 aromatic rings. The molecule has 4 heteroatoms. The van der Waals surface area contributed by atoms with E-state index in [-0.39, 0.29) is 5.91 Å². The number of anilines is 1. The van der Waals surface area contributed by atoms with E-state index in [9.17, 15) is 4.79 Å². The van der Waals surface area contributed by atoms with Gasteiger partial charge in [0.2, 0.25) is 5.91 Å². The van der Waals surface area contributed by atoms with Crippen LogP contribution in [0.4, 0.5) is 5.69 Å². The van der Waals surface area contributed by atoms with Gasteiger partial charge in [0, 0.05) is 17.1 Å². The van der Waals surface area contributed by atoms with Crippen molar-refractivity contribution in [2.45, 2.75) is 27.3 Å². The molecule has 0 saturated carbocycles. The van der Waals surface area contributed by atoms with Gasteiger partial charge in [-0.3, -0.25) is 9.69 Å². The maximum absolute atomic E-state index is 12.2. The number of carbonyl (C=O) groups excluding carboxylic acids is 1. The van der Waals surface area contributed by atoms with Crippen LogP contribution >= 0.6 is 11.3 Å². The van der Waals surface area contributed by atoms with E-state index in [4.69, 9.17) is 0 Å². The van der Waals surface area contributed by atoms with Gasteiger partial charge in [-0.15, -0.1) is 11.3 Å². The lowest BCUT2D eigenvalue weighted by Gasteiger charge is -2.17. The van der Waals surface area contributed by atoms with E-state index in [2.05, 4.69) is 36.7 Å². The first-order valence-electron chi connectivity index (χ1n) is 7.05. The van der Waals surface area contributed by atoms with Crippen LogP contribution in [0.3, 0.4) is 0 Å². The highest BCUT2D eigenvalue weighted by Gasteiger charge is 2.10. The van der Waals surface area contributed by atoms with Crippen LogP contribution in [-0.2, 0) is 11.3 Å². The van der Waals surface area contributed by atoms with E-state index < -0.39 is 0 Å². The van der Waals surface area contributed by atoms with E-state index in [0.29, 0.717) is 6.54 Å². The standard InChI is InChI=1S/C17H22N2OS/c1-12-6-5-7-15(14(12)3)18-17(20)11-19(4)10-16-13(2)8-9-21-16/h5-9H,10-11H2,1-4H3,(H,18,20). The quantitative estimate of drug-likeness (QED) is 0.912. The van der Waals surface area contributed by atoms with Gasteiger partial charge in [-0.05, 0) is 62.0 Å². The summed E-state index contributed by atoms with van der Waals surface area (Å²) in [7, 11) is 1.97. The molecule has 1 heterocycles. The van der Waals surface area contributed by atoms with Crippen molar-refractivity contribution < 1.29 is 4.79 Å². The summed E-state index contributed by atoms with van der Waals surface area (Å²) in [5, 5.41) is 5.09. The zero-order valence-electron chi connectivity index (χ0n) is 13.1. The number of nitrogens with one attached hydrogen (secondary N) is 1. The van der Waals surface area contributed by atoms with Gasteiger partial charge in [-0.25, -0.2) is 0 Å². The summed E-state index contributed by atoms with van der Waals surface area (Å²) in [5.41, 5.74) is 4.51. The summed E-state index contributed by atoms with van der Waals surface area (Å²) in [6, 6.07) is 8.08. The topological polar surface area (TPSA) is 32.3 Å². The van der Waals surface area contributed by atoms with Gasteiger partial charge in [-0.1, -0.05) is 12.1 Å². The minimum absolute atomic E-state index is 0.0282. The van der Waals surface area contributed by atoms with Crippen LogP contribution in [0, 0.1) is 20.8 Å². The number of rotatable bonds is 5. The van der Waals surface area contributed by atoms with E-state index >= 15 is 0 Å². The minimum Gasteiger partial charge on any atom is -0.325 e. The molecule has 2 rings (SSSR count). The summed E-state index contributed by atoms with van der Waals surface area (Å²) in [4.78, 5) is 15.5. The Morgan fingerprint density at radius 1 is 1.19 bits per heavy atom. The zero-order valence-corrected chi connectivity index (χ0v) is 13.9. The molecule has 0 unspecified atom stereocenters. The van der Waals surface area contributed by atoms with Gasteiger partial charge < -0.3 is 5.32 Å². The molecule has 0 saturated heterocycles. The van der Waals surface area contributed by atoms with E-state index in [0.717, 1.165) is 17.8 Å². The highest BCUT2D eigenvalue weighted by atomic mass is 32.1. The molecule has 21 heavy (non-hydrogen) atoms. The summed E-state index contributed by atoms with van der Waals surface area (Å²) < 4.78 is 0. The molecule has 0 fully saturated rings. The number of hydrogen-bond acceptors (Lipinski definition) is 3. The molecular weight excluding hydrogens is 280 g/mol. The maximum atomic E-state index is 12.2. The number of likely N-dealkylation sites (N-methyl/N-ethyl adjacent to an activating group) is 1. The summed E-state index contributed by atoms with van der Waals surface area (Å²) in [5.74, 6) is 0.0282. The Morgan fingerprint density at radius 3 is 2.62 bits per heavy atom. The monoisotopic (exact) mass is 302 g/mol. The SMILES string of the molecule is Cc1ccsc1CN(C)CC(=O)Nc1cccc(C)c1C. The van der Waals surface area contributed by atoms with Crippen molar-refractivity contribution in [3.05, 3.63) is 51.2 Å². The van der Waals surface area contributed by atoms with E-state index in [1.165, 1.54) is 16.0 Å². The Labute approximate surface area is 130 Å². The first kappa shape index (κ1) is 15.7. The smallest absolute Gasteiger partial charge is 0.238 e. The molecule has 0 bridgehead atoms. The van der Waals surface area contributed by atoms with E-state index in [1.54, 1.807) is 11.3 Å². The Bertz CT molecular complexity index is 633. The average Bonchev–Trinajstić information content (AvgIpc) is 2.80. The van der Waals surface area contributed by atoms with Crippen LogP contribution in [0.1, 0.15) is 21.6 Å². The van der Waals surface area contributed by atoms with Crippen LogP contribution < -0.4 is 5.32 Å². The van der Waals surface area contributed by atoms with Crippen molar-refractivity contribution in [3.8, 4) is 0 Å². The van der Waals surface area contributed by atoms with Gasteiger partial charge in [0.05, 0.1) is 6.54 Å². The number of thiophene rings is 1. The van der Waals surface area contributed by atoms with Crippen molar-refractivity contribution in [1.82, 2.24) is 4.90 Å². The highest BCUT2D eigenvalue weighted by Crippen LogP contribution is 2.19. The normalized spacial score (nSPS) is 10.9. The molecule has 0 spiro atoms. The molecule has 0 aliphatic rings. The molecule has 1 N–H and O–H groups in total. The van der Waals surface area contributed by atoms with Crippen molar-refractivity contribution in [2.24, 2.45) is 0 Å². The van der Waals surface area contributed by atoms with Crippen molar-refractivity contribution in [3.63, 3.8) is 0 Å². The molecule has 0 aliphatic carbocycles. The third-order valence-corrected chi connectivity index (χ3v) is 4.68. The van der Waals surface area contributed by atoms with Crippen LogP contribution in [0.2, 0.25) is 0 Å². The molecule has 0 aliphatic heterocycles. The second kappa shape index (κ2) is 6.87. The van der Waals surface area contributed by atoms with E-state index in [1.807, 2.05) is 31.0 Å². The van der Waals surface area contributed by atoms with Gasteiger partial charge in [0.15, 0.2) is 0 Å². The number of hydrogen-bond donors (Lipinski definition) is 1. The lowest BCUT2D eigenvalue weighted by atomic mass is 10.1. The van der Waals surface area contributed by atoms with Crippen LogP contribution in [0.15, 0.2) is 29.6 Å². The van der Waals surface area contributed by atoms with Gasteiger partial charge >= 0.3 is 0 Å². The largest absolute Gasteiger partial charge is 0.325 e. The van der Waals surface area contributed by atoms with Gasteiger partial charge in [-0.2, -0.15) is 0 Å². The fourth-order valence-electron chi connectivity index (χ4n) is 2.19. The predicted octanol–water partition coefficient (Wildman–Crippen LogP) is 3.74. The Kier molecular flexibility index (Phi) is 5.15. The van der Waals surface area contributed by atoms with Gasteiger partial charge in [0.25, 0.3) is 0 Å². The first-order valence-corrected chi connectivity index (χ1v) is 7.93. The number of benzene rings is 1. The zero-order chi connectivity index (χ0) is 15.4. The fraction of sp³-hybridized carbons (Fsp3) is 0.353. The highest BCUT2D eigenvalue weighted by molar-refractivity contribution is 7.10. The third-order valence-electron chi connectivity index (χ3n) is 3.67. The Morgan fingerprint density at radius 2 is 1.95 bits per heavy atom.